The second-order valence-electron chi connectivity index (χ2n) is 4.85. The first kappa shape index (κ1) is 11.9. The zero-order valence-corrected chi connectivity index (χ0v) is 10.7. The maximum Gasteiger partial charge on any atom is 0.208 e. The zero-order chi connectivity index (χ0) is 13.1. The monoisotopic (exact) mass is 249 g/mol. The van der Waals surface area contributed by atoms with Crippen LogP contribution in [0, 0.1) is 6.57 Å². The molecule has 2 heterocycles. The van der Waals surface area contributed by atoms with E-state index in [0.29, 0.717) is 0 Å². The number of benzene rings is 1. The Morgan fingerprint density at radius 2 is 2.05 bits per heavy atom. The van der Waals surface area contributed by atoms with E-state index in [-0.39, 0.29) is 0 Å². The van der Waals surface area contributed by atoms with Crippen LogP contribution in [0.1, 0.15) is 16.7 Å². The second kappa shape index (κ2) is 5.21. The lowest BCUT2D eigenvalue weighted by atomic mass is 10.00. The molecule has 19 heavy (non-hydrogen) atoms. The topological polar surface area (TPSA) is 20.5 Å². The number of fused-ring (bicyclic) bond motifs is 1. The van der Waals surface area contributed by atoms with Gasteiger partial charge in [-0.25, -0.2) is 4.85 Å². The molecule has 1 aromatic heterocycles. The molecule has 3 rings (SSSR count). The molecule has 0 bridgehead atoms. The van der Waals surface area contributed by atoms with Crippen LogP contribution in [0.2, 0.25) is 0 Å². The highest BCUT2D eigenvalue weighted by Crippen LogP contribution is 2.27. The van der Waals surface area contributed by atoms with E-state index in [2.05, 4.69) is 39.0 Å². The van der Waals surface area contributed by atoms with Gasteiger partial charge in [-0.1, -0.05) is 30.3 Å². The Morgan fingerprint density at radius 1 is 1.21 bits per heavy atom. The fourth-order valence-corrected chi connectivity index (χ4v) is 2.61. The molecule has 1 aliphatic heterocycles. The van der Waals surface area contributed by atoms with Gasteiger partial charge in [0.15, 0.2) is 0 Å². The minimum atomic E-state index is 0.719. The van der Waals surface area contributed by atoms with Crippen LogP contribution < -0.4 is 0 Å². The molecule has 0 atom stereocenters. The van der Waals surface area contributed by atoms with E-state index in [4.69, 9.17) is 6.57 Å². The number of rotatable bonds is 2. The van der Waals surface area contributed by atoms with Crippen molar-refractivity contribution in [2.45, 2.75) is 19.5 Å². The lowest BCUT2D eigenvalue weighted by Crippen LogP contribution is -2.30. The largest absolute Gasteiger partial charge is 0.295 e. The molecule has 94 valence electrons. The van der Waals surface area contributed by atoms with Crippen molar-refractivity contribution in [3.05, 3.63) is 70.8 Å². The first-order valence-corrected chi connectivity index (χ1v) is 6.46. The van der Waals surface area contributed by atoms with Gasteiger partial charge in [-0.2, -0.15) is 0 Å². The first-order chi connectivity index (χ1) is 9.36. The van der Waals surface area contributed by atoms with Gasteiger partial charge < -0.3 is 0 Å². The fraction of sp³-hybridized carbons (Fsp3) is 0.250. The average Bonchev–Trinajstić information content (AvgIpc) is 2.47. The summed E-state index contributed by atoms with van der Waals surface area (Å²) in [5.41, 5.74) is 4.45. The van der Waals surface area contributed by atoms with E-state index in [1.807, 2.05) is 12.3 Å². The third-order valence-electron chi connectivity index (χ3n) is 3.57. The second-order valence-corrected chi connectivity index (χ2v) is 4.85. The van der Waals surface area contributed by atoms with E-state index in [1.54, 1.807) is 6.20 Å². The van der Waals surface area contributed by atoms with Crippen molar-refractivity contribution in [2.24, 2.45) is 0 Å². The highest BCUT2D eigenvalue weighted by Gasteiger charge is 2.19. The van der Waals surface area contributed by atoms with E-state index < -0.39 is 0 Å². The molecule has 3 heteroatoms. The molecular formula is C16H15N3. The summed E-state index contributed by atoms with van der Waals surface area (Å²) in [7, 11) is 0. The highest BCUT2D eigenvalue weighted by atomic mass is 15.1. The summed E-state index contributed by atoms with van der Waals surface area (Å²) in [5.74, 6) is 0. The Hall–Kier alpha value is -2.18. The Morgan fingerprint density at radius 3 is 2.84 bits per heavy atom. The highest BCUT2D eigenvalue weighted by molar-refractivity contribution is 5.54. The molecule has 1 aromatic carbocycles. The summed E-state index contributed by atoms with van der Waals surface area (Å²) in [4.78, 5) is 10.1. The molecule has 3 nitrogen and oxygen atoms in total. The summed E-state index contributed by atoms with van der Waals surface area (Å²) in [6, 6.07) is 10.5. The lowest BCUT2D eigenvalue weighted by molar-refractivity contribution is 0.245. The van der Waals surface area contributed by atoms with Crippen LogP contribution in [-0.2, 0) is 19.5 Å². The van der Waals surface area contributed by atoms with Gasteiger partial charge in [0, 0.05) is 32.0 Å². The van der Waals surface area contributed by atoms with E-state index in [9.17, 15) is 0 Å². The number of nitrogens with zero attached hydrogens (tertiary/aromatic N) is 3. The van der Waals surface area contributed by atoms with Crippen molar-refractivity contribution in [3.8, 4) is 0 Å². The van der Waals surface area contributed by atoms with Gasteiger partial charge in [0.2, 0.25) is 5.69 Å². The minimum Gasteiger partial charge on any atom is -0.295 e. The van der Waals surface area contributed by atoms with Crippen LogP contribution in [0.3, 0.4) is 0 Å². The molecule has 0 saturated heterocycles. The molecule has 0 unspecified atom stereocenters. The smallest absolute Gasteiger partial charge is 0.208 e. The predicted molar refractivity (Wildman–Crippen MR) is 74.8 cm³/mol. The molecule has 0 aliphatic carbocycles. The third kappa shape index (κ3) is 2.49. The quantitative estimate of drug-likeness (QED) is 0.762. The van der Waals surface area contributed by atoms with Gasteiger partial charge in [0.25, 0.3) is 0 Å². The van der Waals surface area contributed by atoms with Crippen LogP contribution in [0.5, 0.6) is 0 Å². The standard InChI is InChI=1S/C16H15N3/c1-17-16-10-18-9-14-12-19(8-7-15(14)16)11-13-5-3-2-4-6-13/h2-6,9-10H,7-8,11-12H2. The molecule has 0 spiro atoms. The number of hydrogen-bond acceptors (Lipinski definition) is 2. The summed E-state index contributed by atoms with van der Waals surface area (Å²) in [6.45, 7) is 10.0. The van der Waals surface area contributed by atoms with Crippen LogP contribution in [0.4, 0.5) is 5.69 Å². The Bertz CT molecular complexity index is 614. The van der Waals surface area contributed by atoms with Crippen LogP contribution >= 0.6 is 0 Å². The predicted octanol–water partition coefficient (Wildman–Crippen LogP) is 3.19. The van der Waals surface area contributed by atoms with E-state index in [0.717, 1.165) is 31.7 Å². The SMILES string of the molecule is [C-]#[N+]c1cncc2c1CCN(Cc1ccccc1)C2. The van der Waals surface area contributed by atoms with Crippen LogP contribution in [0.25, 0.3) is 4.85 Å². The molecule has 1 aliphatic rings. The Labute approximate surface area is 113 Å². The summed E-state index contributed by atoms with van der Waals surface area (Å²) in [6.07, 6.45) is 4.53. The number of pyridine rings is 1. The van der Waals surface area contributed by atoms with Crippen molar-refractivity contribution in [3.63, 3.8) is 0 Å². The maximum atomic E-state index is 7.18. The molecule has 0 radical (unpaired) electrons. The summed E-state index contributed by atoms with van der Waals surface area (Å²) < 4.78 is 0. The fourth-order valence-electron chi connectivity index (χ4n) is 2.61. The maximum absolute atomic E-state index is 7.18. The lowest BCUT2D eigenvalue weighted by Gasteiger charge is -2.29. The van der Waals surface area contributed by atoms with Crippen molar-refractivity contribution in [1.82, 2.24) is 9.88 Å². The molecular weight excluding hydrogens is 234 g/mol. The third-order valence-corrected chi connectivity index (χ3v) is 3.57. The van der Waals surface area contributed by atoms with Gasteiger partial charge in [0.1, 0.15) is 0 Å². The molecule has 0 amide bonds. The zero-order valence-electron chi connectivity index (χ0n) is 10.7. The number of hydrogen-bond donors (Lipinski definition) is 0. The molecule has 0 N–H and O–H groups in total. The van der Waals surface area contributed by atoms with Crippen LogP contribution in [-0.4, -0.2) is 16.4 Å². The van der Waals surface area contributed by atoms with Gasteiger partial charge in [-0.15, -0.1) is 0 Å². The van der Waals surface area contributed by atoms with E-state index >= 15 is 0 Å². The van der Waals surface area contributed by atoms with Gasteiger partial charge in [0.05, 0.1) is 6.57 Å². The Kier molecular flexibility index (Phi) is 3.26. The van der Waals surface area contributed by atoms with Gasteiger partial charge in [-0.05, 0) is 23.1 Å². The van der Waals surface area contributed by atoms with E-state index in [1.165, 1.54) is 16.7 Å². The van der Waals surface area contributed by atoms with Crippen molar-refractivity contribution in [2.75, 3.05) is 6.54 Å². The van der Waals surface area contributed by atoms with Gasteiger partial charge >= 0.3 is 0 Å². The molecule has 2 aromatic rings. The van der Waals surface area contributed by atoms with Crippen molar-refractivity contribution >= 4 is 5.69 Å². The minimum absolute atomic E-state index is 0.719. The van der Waals surface area contributed by atoms with Crippen LogP contribution in [0.15, 0.2) is 42.7 Å². The molecule has 0 fully saturated rings. The first-order valence-electron chi connectivity index (χ1n) is 6.46. The van der Waals surface area contributed by atoms with Gasteiger partial charge in [-0.3, -0.25) is 9.88 Å². The number of aromatic nitrogens is 1. The summed E-state index contributed by atoms with van der Waals surface area (Å²) >= 11 is 0. The Balaban J connectivity index is 1.78. The molecule has 0 saturated carbocycles. The normalized spacial score (nSPS) is 14.7. The van der Waals surface area contributed by atoms with Crippen molar-refractivity contribution < 1.29 is 0 Å². The average molecular weight is 249 g/mol. The summed E-state index contributed by atoms with van der Waals surface area (Å²) in [5, 5.41) is 0. The van der Waals surface area contributed by atoms with Crippen molar-refractivity contribution in [1.29, 1.82) is 0 Å².